The van der Waals surface area contributed by atoms with Crippen molar-refractivity contribution in [3.63, 3.8) is 0 Å². The molecule has 0 aliphatic carbocycles. The summed E-state index contributed by atoms with van der Waals surface area (Å²) in [6, 6.07) is 6.15. The molecule has 1 aromatic carbocycles. The van der Waals surface area contributed by atoms with Crippen LogP contribution in [0.5, 0.6) is 0 Å². The van der Waals surface area contributed by atoms with Crippen molar-refractivity contribution in [2.24, 2.45) is 0 Å². The first-order valence-electron chi connectivity index (χ1n) is 5.49. The van der Waals surface area contributed by atoms with E-state index in [0.29, 0.717) is 10.2 Å². The fourth-order valence-electron chi connectivity index (χ4n) is 1.52. The van der Waals surface area contributed by atoms with Crippen molar-refractivity contribution < 1.29 is 8.42 Å². The number of sulfonamides is 1. The molecule has 0 aliphatic heterocycles. The Morgan fingerprint density at radius 2 is 1.90 bits per heavy atom. The quantitative estimate of drug-likeness (QED) is 0.746. The topological polar surface area (TPSA) is 85.1 Å². The van der Waals surface area contributed by atoms with Gasteiger partial charge in [-0.05, 0) is 68.6 Å². The number of halogens is 2. The molecule has 0 spiro atoms. The van der Waals surface area contributed by atoms with Gasteiger partial charge in [-0.3, -0.25) is 4.72 Å². The smallest absolute Gasteiger partial charge is 0.264 e. The molecule has 106 valence electrons. The predicted molar refractivity (Wildman–Crippen MR) is 86.0 cm³/mol. The number of nitrogens with zero attached hydrogens (tertiary/aromatic N) is 1. The van der Waals surface area contributed by atoms with E-state index in [-0.39, 0.29) is 10.7 Å². The Morgan fingerprint density at radius 1 is 1.20 bits per heavy atom. The minimum Gasteiger partial charge on any atom is -0.399 e. The maximum absolute atomic E-state index is 12.3. The van der Waals surface area contributed by atoms with Crippen LogP contribution in [0.2, 0.25) is 0 Å². The molecular formula is C12H11Br2N3O2S. The van der Waals surface area contributed by atoms with Gasteiger partial charge in [-0.1, -0.05) is 0 Å². The maximum Gasteiger partial charge on any atom is 0.264 e. The second kappa shape index (κ2) is 5.71. The lowest BCUT2D eigenvalue weighted by Gasteiger charge is -2.10. The summed E-state index contributed by atoms with van der Waals surface area (Å²) < 4.78 is 28.2. The van der Waals surface area contributed by atoms with E-state index in [1.807, 2.05) is 6.92 Å². The van der Waals surface area contributed by atoms with Gasteiger partial charge in [0.05, 0.1) is 0 Å². The van der Waals surface area contributed by atoms with E-state index < -0.39 is 10.0 Å². The molecule has 20 heavy (non-hydrogen) atoms. The number of nitrogen functional groups attached to an aromatic ring is 1. The molecule has 0 saturated carbocycles. The van der Waals surface area contributed by atoms with Crippen LogP contribution < -0.4 is 10.5 Å². The van der Waals surface area contributed by atoms with E-state index >= 15 is 0 Å². The Kier molecular flexibility index (Phi) is 4.36. The van der Waals surface area contributed by atoms with Gasteiger partial charge >= 0.3 is 0 Å². The number of anilines is 2. The van der Waals surface area contributed by atoms with Crippen LogP contribution >= 0.6 is 31.9 Å². The van der Waals surface area contributed by atoms with Crippen LogP contribution in [0.15, 0.2) is 44.3 Å². The Balaban J connectivity index is 2.38. The van der Waals surface area contributed by atoms with Crippen molar-refractivity contribution in [3.8, 4) is 0 Å². The van der Waals surface area contributed by atoms with Crippen molar-refractivity contribution in [2.75, 3.05) is 10.5 Å². The molecule has 0 radical (unpaired) electrons. The number of hydrogen-bond donors (Lipinski definition) is 2. The molecular weight excluding hydrogens is 410 g/mol. The van der Waals surface area contributed by atoms with Crippen molar-refractivity contribution in [1.82, 2.24) is 4.98 Å². The summed E-state index contributed by atoms with van der Waals surface area (Å²) in [5, 5.41) is 0. The average Bonchev–Trinajstić information content (AvgIpc) is 2.33. The summed E-state index contributed by atoms with van der Waals surface area (Å²) in [4.78, 5) is 4.13. The Morgan fingerprint density at radius 3 is 2.50 bits per heavy atom. The maximum atomic E-state index is 12.3. The van der Waals surface area contributed by atoms with Crippen LogP contribution in [0.4, 0.5) is 11.5 Å². The Bertz CT molecular complexity index is 763. The number of pyridine rings is 1. The molecule has 2 aromatic rings. The zero-order chi connectivity index (χ0) is 14.9. The highest BCUT2D eigenvalue weighted by Gasteiger charge is 2.18. The van der Waals surface area contributed by atoms with Crippen molar-refractivity contribution >= 4 is 53.4 Å². The largest absolute Gasteiger partial charge is 0.399 e. The highest BCUT2D eigenvalue weighted by atomic mass is 79.9. The minimum absolute atomic E-state index is 0.106. The van der Waals surface area contributed by atoms with E-state index in [0.717, 1.165) is 10.0 Å². The number of rotatable bonds is 3. The molecule has 0 unspecified atom stereocenters. The summed E-state index contributed by atoms with van der Waals surface area (Å²) in [6.45, 7) is 1.85. The van der Waals surface area contributed by atoms with Gasteiger partial charge in [-0.15, -0.1) is 0 Å². The summed E-state index contributed by atoms with van der Waals surface area (Å²) >= 11 is 6.51. The second-order valence-electron chi connectivity index (χ2n) is 4.11. The monoisotopic (exact) mass is 419 g/mol. The molecule has 0 atom stereocenters. The van der Waals surface area contributed by atoms with Crippen molar-refractivity contribution in [2.45, 2.75) is 11.8 Å². The molecule has 0 aliphatic rings. The Labute approximate surface area is 133 Å². The van der Waals surface area contributed by atoms with E-state index in [9.17, 15) is 8.42 Å². The summed E-state index contributed by atoms with van der Waals surface area (Å²) in [5.74, 6) is 0.259. The van der Waals surface area contributed by atoms with Gasteiger partial charge < -0.3 is 5.73 Å². The summed E-state index contributed by atoms with van der Waals surface area (Å²) in [5.41, 5.74) is 6.96. The van der Waals surface area contributed by atoms with Gasteiger partial charge in [0, 0.05) is 20.8 Å². The van der Waals surface area contributed by atoms with Crippen LogP contribution in [0.25, 0.3) is 0 Å². The highest BCUT2D eigenvalue weighted by Crippen LogP contribution is 2.26. The van der Waals surface area contributed by atoms with Crippen LogP contribution in [-0.4, -0.2) is 13.4 Å². The first kappa shape index (κ1) is 15.3. The molecule has 3 N–H and O–H groups in total. The fraction of sp³-hybridized carbons (Fsp3) is 0.0833. The third-order valence-electron chi connectivity index (χ3n) is 2.53. The zero-order valence-electron chi connectivity index (χ0n) is 10.4. The van der Waals surface area contributed by atoms with Gasteiger partial charge in [-0.25, -0.2) is 13.4 Å². The Hall–Kier alpha value is -1.12. The van der Waals surface area contributed by atoms with E-state index in [1.54, 1.807) is 12.3 Å². The molecule has 0 fully saturated rings. The van der Waals surface area contributed by atoms with Crippen molar-refractivity contribution in [1.29, 1.82) is 0 Å². The third-order valence-corrected chi connectivity index (χ3v) is 5.69. The molecule has 2 rings (SSSR count). The number of benzene rings is 1. The fourth-order valence-corrected chi connectivity index (χ4v) is 3.84. The second-order valence-corrected chi connectivity index (χ2v) is 7.47. The first-order chi connectivity index (χ1) is 9.29. The first-order valence-corrected chi connectivity index (χ1v) is 8.56. The van der Waals surface area contributed by atoms with Crippen LogP contribution in [0.3, 0.4) is 0 Å². The molecule has 1 aromatic heterocycles. The van der Waals surface area contributed by atoms with Crippen LogP contribution in [0, 0.1) is 6.92 Å². The zero-order valence-corrected chi connectivity index (χ0v) is 14.4. The number of nitrogens with one attached hydrogen (secondary N) is 1. The predicted octanol–water partition coefficient (Wildman–Crippen LogP) is 3.30. The number of nitrogens with two attached hydrogens (primary N) is 1. The lowest BCUT2D eigenvalue weighted by molar-refractivity contribution is 0.600. The molecule has 0 bridgehead atoms. The highest BCUT2D eigenvalue weighted by molar-refractivity contribution is 9.10. The number of hydrogen-bond acceptors (Lipinski definition) is 4. The van der Waals surface area contributed by atoms with Gasteiger partial charge in [0.25, 0.3) is 10.0 Å². The number of aromatic nitrogens is 1. The van der Waals surface area contributed by atoms with Crippen LogP contribution in [-0.2, 0) is 10.0 Å². The summed E-state index contributed by atoms with van der Waals surface area (Å²) in [7, 11) is -3.72. The molecule has 8 heteroatoms. The third kappa shape index (κ3) is 3.31. The lowest BCUT2D eigenvalue weighted by Crippen LogP contribution is -2.14. The molecule has 5 nitrogen and oxygen atoms in total. The minimum atomic E-state index is -3.72. The van der Waals surface area contributed by atoms with Gasteiger partial charge in [0.1, 0.15) is 10.7 Å². The van der Waals surface area contributed by atoms with E-state index in [4.69, 9.17) is 5.73 Å². The lowest BCUT2D eigenvalue weighted by atomic mass is 10.3. The van der Waals surface area contributed by atoms with E-state index in [1.165, 1.54) is 18.2 Å². The van der Waals surface area contributed by atoms with Gasteiger partial charge in [0.2, 0.25) is 0 Å². The molecule has 1 heterocycles. The van der Waals surface area contributed by atoms with E-state index in [2.05, 4.69) is 41.6 Å². The normalized spacial score (nSPS) is 11.3. The molecule has 0 saturated heterocycles. The summed E-state index contributed by atoms with van der Waals surface area (Å²) in [6.07, 6.45) is 1.55. The number of aryl methyl sites for hydroxylation is 1. The van der Waals surface area contributed by atoms with Gasteiger partial charge in [0.15, 0.2) is 0 Å². The van der Waals surface area contributed by atoms with Gasteiger partial charge in [-0.2, -0.15) is 0 Å². The average molecular weight is 421 g/mol. The standard InChI is InChI=1S/C12H11Br2N3O2S/c1-7-4-12(16-6-10(7)14)17-20(18,19)11-3-2-8(15)5-9(11)13/h2-6H,15H2,1H3,(H,16,17). The molecule has 0 amide bonds. The van der Waals surface area contributed by atoms with Crippen LogP contribution in [0.1, 0.15) is 5.56 Å². The SMILES string of the molecule is Cc1cc(NS(=O)(=O)c2ccc(N)cc2Br)ncc1Br. The van der Waals surface area contributed by atoms with Crippen molar-refractivity contribution in [3.05, 3.63) is 45.0 Å².